The third-order valence-corrected chi connectivity index (χ3v) is 2.76. The number of anilines is 1. The van der Waals surface area contributed by atoms with Crippen molar-refractivity contribution in [1.82, 2.24) is 0 Å². The Morgan fingerprint density at radius 1 is 1.24 bits per heavy atom. The van der Waals surface area contributed by atoms with Crippen molar-refractivity contribution in [3.8, 4) is 0 Å². The fraction of sp³-hybridized carbons (Fsp3) is 0.462. The molecule has 0 aliphatic heterocycles. The number of hydrogen-bond donors (Lipinski definition) is 2. The van der Waals surface area contributed by atoms with Crippen LogP contribution in [-0.4, -0.2) is 25.2 Å². The van der Waals surface area contributed by atoms with Crippen LogP contribution in [0.1, 0.15) is 24.8 Å². The van der Waals surface area contributed by atoms with E-state index in [4.69, 9.17) is 22.7 Å². The smallest absolute Gasteiger partial charge is 0.103 e. The van der Waals surface area contributed by atoms with Crippen LogP contribution >= 0.6 is 12.2 Å². The Kier molecular flexibility index (Phi) is 6.58. The van der Waals surface area contributed by atoms with Gasteiger partial charge in [-0.05, 0) is 43.5 Å². The topological polar surface area (TPSA) is 47.3 Å². The Morgan fingerprint density at radius 3 is 2.53 bits per heavy atom. The minimum Gasteiger partial charge on any atom is -0.389 e. The van der Waals surface area contributed by atoms with Crippen molar-refractivity contribution in [3.63, 3.8) is 0 Å². The maximum Gasteiger partial charge on any atom is 0.103 e. The predicted molar refractivity (Wildman–Crippen MR) is 76.5 cm³/mol. The molecule has 0 amide bonds. The third kappa shape index (κ3) is 5.65. The lowest BCUT2D eigenvalue weighted by molar-refractivity contribution is 0.192. The van der Waals surface area contributed by atoms with Gasteiger partial charge in [-0.1, -0.05) is 12.2 Å². The molecule has 4 heteroatoms. The van der Waals surface area contributed by atoms with Gasteiger partial charge in [0.2, 0.25) is 0 Å². The van der Waals surface area contributed by atoms with Crippen LogP contribution in [0.15, 0.2) is 24.3 Å². The Bertz CT molecular complexity index is 338. The van der Waals surface area contributed by atoms with Gasteiger partial charge < -0.3 is 15.8 Å². The molecule has 0 saturated carbocycles. The first-order chi connectivity index (χ1) is 8.24. The first-order valence-corrected chi connectivity index (χ1v) is 6.27. The normalized spacial score (nSPS) is 10.2. The molecule has 1 aromatic carbocycles. The van der Waals surface area contributed by atoms with E-state index in [1.165, 1.54) is 6.42 Å². The summed E-state index contributed by atoms with van der Waals surface area (Å²) in [5, 5.41) is 3.36. The molecule has 94 valence electrons. The maximum atomic E-state index is 5.53. The molecule has 0 spiro atoms. The maximum absolute atomic E-state index is 5.53. The van der Waals surface area contributed by atoms with Gasteiger partial charge in [-0.15, -0.1) is 0 Å². The Morgan fingerprint density at radius 2 is 1.94 bits per heavy atom. The number of hydrogen-bond acceptors (Lipinski definition) is 3. The quantitative estimate of drug-likeness (QED) is 0.551. The van der Waals surface area contributed by atoms with Gasteiger partial charge in [-0.3, -0.25) is 0 Å². The van der Waals surface area contributed by atoms with Crippen molar-refractivity contribution < 1.29 is 4.74 Å². The summed E-state index contributed by atoms with van der Waals surface area (Å²) in [6.07, 6.45) is 3.46. The van der Waals surface area contributed by atoms with Crippen LogP contribution < -0.4 is 11.1 Å². The molecule has 3 N–H and O–H groups in total. The van der Waals surface area contributed by atoms with E-state index in [-0.39, 0.29) is 0 Å². The highest BCUT2D eigenvalue weighted by Gasteiger charge is 1.96. The second kappa shape index (κ2) is 8.03. The molecule has 0 aliphatic rings. The molecule has 0 unspecified atom stereocenters. The summed E-state index contributed by atoms with van der Waals surface area (Å²) in [4.78, 5) is 0.441. The lowest BCUT2D eigenvalue weighted by Crippen LogP contribution is -2.09. The summed E-state index contributed by atoms with van der Waals surface area (Å²) >= 11 is 4.90. The summed E-state index contributed by atoms with van der Waals surface area (Å²) in [5.41, 5.74) is 7.55. The van der Waals surface area contributed by atoms with Gasteiger partial charge >= 0.3 is 0 Å². The zero-order valence-corrected chi connectivity index (χ0v) is 11.1. The molecular weight excluding hydrogens is 232 g/mol. The van der Waals surface area contributed by atoms with Gasteiger partial charge in [0.05, 0.1) is 0 Å². The summed E-state index contributed by atoms with van der Waals surface area (Å²) < 4.78 is 5.00. The van der Waals surface area contributed by atoms with Crippen LogP contribution in [0.3, 0.4) is 0 Å². The second-order valence-corrected chi connectivity index (χ2v) is 4.36. The number of methoxy groups -OCH3 is 1. The van der Waals surface area contributed by atoms with Crippen LogP contribution in [0.5, 0.6) is 0 Å². The van der Waals surface area contributed by atoms with Gasteiger partial charge in [0, 0.05) is 31.5 Å². The SMILES string of the molecule is COCCCCCNc1ccc(C(N)=S)cc1. The van der Waals surface area contributed by atoms with Crippen LogP contribution in [-0.2, 0) is 4.74 Å². The lowest BCUT2D eigenvalue weighted by atomic mass is 10.2. The first kappa shape index (κ1) is 13.9. The number of benzene rings is 1. The molecule has 0 aromatic heterocycles. The van der Waals surface area contributed by atoms with Gasteiger partial charge in [-0.25, -0.2) is 0 Å². The monoisotopic (exact) mass is 252 g/mol. The van der Waals surface area contributed by atoms with Crippen molar-refractivity contribution >= 4 is 22.9 Å². The Labute approximate surface area is 108 Å². The molecule has 17 heavy (non-hydrogen) atoms. The number of nitrogens with one attached hydrogen (secondary N) is 1. The van der Waals surface area contributed by atoms with E-state index in [1.54, 1.807) is 7.11 Å². The average molecular weight is 252 g/mol. The highest BCUT2D eigenvalue weighted by Crippen LogP contribution is 2.09. The predicted octanol–water partition coefficient (Wildman–Crippen LogP) is 2.55. The van der Waals surface area contributed by atoms with Gasteiger partial charge in [0.1, 0.15) is 4.99 Å². The van der Waals surface area contributed by atoms with Crippen LogP contribution in [0, 0.1) is 0 Å². The molecule has 0 radical (unpaired) electrons. The van der Waals surface area contributed by atoms with Crippen LogP contribution in [0.25, 0.3) is 0 Å². The summed E-state index contributed by atoms with van der Waals surface area (Å²) in [6.45, 7) is 1.83. The number of nitrogens with two attached hydrogens (primary N) is 1. The molecule has 0 aliphatic carbocycles. The van der Waals surface area contributed by atoms with Crippen LogP contribution in [0.2, 0.25) is 0 Å². The van der Waals surface area contributed by atoms with E-state index >= 15 is 0 Å². The molecule has 0 fully saturated rings. The zero-order valence-electron chi connectivity index (χ0n) is 10.2. The molecule has 0 atom stereocenters. The molecule has 3 nitrogen and oxygen atoms in total. The van der Waals surface area contributed by atoms with Crippen molar-refractivity contribution in [2.45, 2.75) is 19.3 Å². The Hall–Kier alpha value is -1.13. The van der Waals surface area contributed by atoms with E-state index < -0.39 is 0 Å². The third-order valence-electron chi connectivity index (χ3n) is 2.52. The highest BCUT2D eigenvalue weighted by atomic mass is 32.1. The highest BCUT2D eigenvalue weighted by molar-refractivity contribution is 7.80. The molecule has 0 heterocycles. The standard InChI is InChI=1S/C13H20N2OS/c1-16-10-4-2-3-9-15-12-7-5-11(6-8-12)13(14)17/h5-8,15H,2-4,9-10H2,1H3,(H2,14,17). The largest absolute Gasteiger partial charge is 0.389 e. The van der Waals surface area contributed by atoms with E-state index in [0.717, 1.165) is 37.2 Å². The van der Waals surface area contributed by atoms with Crippen molar-refractivity contribution in [2.24, 2.45) is 5.73 Å². The molecule has 1 aromatic rings. The number of ether oxygens (including phenoxy) is 1. The number of rotatable bonds is 8. The Balaban J connectivity index is 2.21. The lowest BCUT2D eigenvalue weighted by Gasteiger charge is -2.07. The van der Waals surface area contributed by atoms with Crippen molar-refractivity contribution in [1.29, 1.82) is 0 Å². The minimum atomic E-state index is 0.441. The van der Waals surface area contributed by atoms with E-state index in [2.05, 4.69) is 5.32 Å². The number of unbranched alkanes of at least 4 members (excludes halogenated alkanes) is 2. The molecule has 0 bridgehead atoms. The van der Waals surface area contributed by atoms with Crippen LogP contribution in [0.4, 0.5) is 5.69 Å². The van der Waals surface area contributed by atoms with Crippen molar-refractivity contribution in [2.75, 3.05) is 25.6 Å². The zero-order chi connectivity index (χ0) is 12.5. The van der Waals surface area contributed by atoms with E-state index in [0.29, 0.717) is 4.99 Å². The summed E-state index contributed by atoms with van der Waals surface area (Å²) in [5.74, 6) is 0. The molecule has 1 rings (SSSR count). The van der Waals surface area contributed by atoms with Gasteiger partial charge in [0.15, 0.2) is 0 Å². The van der Waals surface area contributed by atoms with Gasteiger partial charge in [-0.2, -0.15) is 0 Å². The molecule has 0 saturated heterocycles. The van der Waals surface area contributed by atoms with E-state index in [1.807, 2.05) is 24.3 Å². The van der Waals surface area contributed by atoms with Crippen molar-refractivity contribution in [3.05, 3.63) is 29.8 Å². The fourth-order valence-electron chi connectivity index (χ4n) is 1.53. The van der Waals surface area contributed by atoms with E-state index in [9.17, 15) is 0 Å². The van der Waals surface area contributed by atoms with Gasteiger partial charge in [0.25, 0.3) is 0 Å². The fourth-order valence-corrected chi connectivity index (χ4v) is 1.67. The number of thiocarbonyl (C=S) groups is 1. The summed E-state index contributed by atoms with van der Waals surface area (Å²) in [7, 11) is 1.74. The second-order valence-electron chi connectivity index (χ2n) is 3.92. The summed E-state index contributed by atoms with van der Waals surface area (Å²) in [6, 6.07) is 7.89. The minimum absolute atomic E-state index is 0.441. The average Bonchev–Trinajstić information content (AvgIpc) is 2.34. The molecular formula is C13H20N2OS. The first-order valence-electron chi connectivity index (χ1n) is 5.86.